The predicted octanol–water partition coefficient (Wildman–Crippen LogP) is -0.743. The second-order valence-corrected chi connectivity index (χ2v) is 3.03. The Morgan fingerprint density at radius 3 is 2.45 bits per heavy atom. The van der Waals surface area contributed by atoms with Crippen molar-refractivity contribution in [2.75, 3.05) is 6.54 Å². The molecular formula is C7H12N2O2. The van der Waals surface area contributed by atoms with Crippen molar-refractivity contribution in [3.63, 3.8) is 0 Å². The van der Waals surface area contributed by atoms with Crippen LogP contribution < -0.4 is 10.6 Å². The molecule has 0 bridgehead atoms. The number of hydrogen-bond acceptors (Lipinski definition) is 2. The van der Waals surface area contributed by atoms with Crippen LogP contribution in [0.15, 0.2) is 0 Å². The van der Waals surface area contributed by atoms with E-state index in [-0.39, 0.29) is 6.04 Å². The van der Waals surface area contributed by atoms with E-state index in [1.54, 1.807) is 0 Å². The van der Waals surface area contributed by atoms with E-state index in [9.17, 15) is 9.59 Å². The van der Waals surface area contributed by atoms with Crippen LogP contribution in [0.1, 0.15) is 13.8 Å². The van der Waals surface area contributed by atoms with E-state index in [1.165, 1.54) is 0 Å². The van der Waals surface area contributed by atoms with Gasteiger partial charge in [0.1, 0.15) is 0 Å². The van der Waals surface area contributed by atoms with Crippen molar-refractivity contribution in [1.82, 2.24) is 10.6 Å². The Balaban J connectivity index is 2.53. The molecule has 1 fully saturated rings. The highest BCUT2D eigenvalue weighted by atomic mass is 16.2. The maximum Gasteiger partial charge on any atom is 0.309 e. The highest BCUT2D eigenvalue weighted by Gasteiger charge is 2.26. The van der Waals surface area contributed by atoms with Crippen LogP contribution in [0.2, 0.25) is 0 Å². The van der Waals surface area contributed by atoms with Gasteiger partial charge >= 0.3 is 11.8 Å². The number of carbonyl (C=O) groups excluding carboxylic acids is 2. The molecule has 0 saturated carbocycles. The summed E-state index contributed by atoms with van der Waals surface area (Å²) in [4.78, 5) is 21.4. The zero-order chi connectivity index (χ0) is 8.43. The summed E-state index contributed by atoms with van der Waals surface area (Å²) in [6, 6.07) is 0.0835. The van der Waals surface area contributed by atoms with Crippen molar-refractivity contribution in [2.45, 2.75) is 19.9 Å². The third-order valence-corrected chi connectivity index (χ3v) is 1.81. The average molecular weight is 156 g/mol. The van der Waals surface area contributed by atoms with Gasteiger partial charge in [-0.3, -0.25) is 9.59 Å². The number of amides is 2. The predicted molar refractivity (Wildman–Crippen MR) is 39.8 cm³/mol. The van der Waals surface area contributed by atoms with E-state index in [2.05, 4.69) is 10.6 Å². The van der Waals surface area contributed by atoms with Crippen LogP contribution in [0.5, 0.6) is 0 Å². The molecule has 0 aromatic heterocycles. The lowest BCUT2D eigenvalue weighted by Gasteiger charge is -2.26. The van der Waals surface area contributed by atoms with Gasteiger partial charge in [-0.2, -0.15) is 0 Å². The number of nitrogens with one attached hydrogen (secondary N) is 2. The summed E-state index contributed by atoms with van der Waals surface area (Å²) >= 11 is 0. The Kier molecular flexibility index (Phi) is 2.12. The highest BCUT2D eigenvalue weighted by molar-refractivity contribution is 6.35. The average Bonchev–Trinajstić information content (AvgIpc) is 1.94. The molecule has 4 heteroatoms. The molecule has 1 aliphatic heterocycles. The Morgan fingerprint density at radius 1 is 1.36 bits per heavy atom. The lowest BCUT2D eigenvalue weighted by atomic mass is 10.0. The minimum Gasteiger partial charge on any atom is -0.346 e. The first-order valence-corrected chi connectivity index (χ1v) is 3.70. The van der Waals surface area contributed by atoms with E-state index < -0.39 is 11.8 Å². The molecule has 11 heavy (non-hydrogen) atoms. The van der Waals surface area contributed by atoms with E-state index >= 15 is 0 Å². The topological polar surface area (TPSA) is 58.2 Å². The van der Waals surface area contributed by atoms with Gasteiger partial charge < -0.3 is 10.6 Å². The molecule has 1 heterocycles. The molecule has 0 aliphatic carbocycles. The zero-order valence-corrected chi connectivity index (χ0v) is 6.68. The lowest BCUT2D eigenvalue weighted by molar-refractivity contribution is -0.141. The van der Waals surface area contributed by atoms with Gasteiger partial charge in [-0.05, 0) is 5.92 Å². The van der Waals surface area contributed by atoms with E-state index in [1.807, 2.05) is 13.8 Å². The third kappa shape index (κ3) is 1.69. The van der Waals surface area contributed by atoms with Crippen LogP contribution in [0.3, 0.4) is 0 Å². The van der Waals surface area contributed by atoms with Crippen molar-refractivity contribution >= 4 is 11.8 Å². The molecule has 0 radical (unpaired) electrons. The van der Waals surface area contributed by atoms with Gasteiger partial charge in [0.25, 0.3) is 0 Å². The second kappa shape index (κ2) is 2.90. The number of rotatable bonds is 1. The fourth-order valence-electron chi connectivity index (χ4n) is 0.970. The van der Waals surface area contributed by atoms with Crippen molar-refractivity contribution in [3.05, 3.63) is 0 Å². The largest absolute Gasteiger partial charge is 0.346 e. The number of carbonyl (C=O) groups is 2. The van der Waals surface area contributed by atoms with E-state index in [0.29, 0.717) is 12.5 Å². The summed E-state index contributed by atoms with van der Waals surface area (Å²) < 4.78 is 0. The minimum absolute atomic E-state index is 0.0835. The van der Waals surface area contributed by atoms with Crippen LogP contribution in [0.25, 0.3) is 0 Å². The van der Waals surface area contributed by atoms with Crippen molar-refractivity contribution in [1.29, 1.82) is 0 Å². The molecular weight excluding hydrogens is 144 g/mol. The summed E-state index contributed by atoms with van der Waals surface area (Å²) in [5.41, 5.74) is 0. The fraction of sp³-hybridized carbons (Fsp3) is 0.714. The van der Waals surface area contributed by atoms with Crippen LogP contribution in [0, 0.1) is 5.92 Å². The van der Waals surface area contributed by atoms with E-state index in [0.717, 1.165) is 0 Å². The van der Waals surface area contributed by atoms with Crippen molar-refractivity contribution in [2.24, 2.45) is 5.92 Å². The van der Waals surface area contributed by atoms with Crippen LogP contribution in [-0.2, 0) is 9.59 Å². The van der Waals surface area contributed by atoms with Gasteiger partial charge in [0.2, 0.25) is 0 Å². The van der Waals surface area contributed by atoms with Crippen molar-refractivity contribution < 1.29 is 9.59 Å². The van der Waals surface area contributed by atoms with Crippen LogP contribution in [0.4, 0.5) is 0 Å². The smallest absolute Gasteiger partial charge is 0.309 e. The summed E-state index contributed by atoms with van der Waals surface area (Å²) in [5.74, 6) is -0.684. The Hall–Kier alpha value is -1.06. The summed E-state index contributed by atoms with van der Waals surface area (Å²) in [6.07, 6.45) is 0. The molecule has 1 saturated heterocycles. The first kappa shape index (κ1) is 8.04. The third-order valence-electron chi connectivity index (χ3n) is 1.81. The minimum atomic E-state index is -0.526. The maximum absolute atomic E-state index is 10.8. The van der Waals surface area contributed by atoms with Gasteiger partial charge in [0.05, 0.1) is 0 Å². The Morgan fingerprint density at radius 2 is 2.00 bits per heavy atom. The molecule has 0 aromatic carbocycles. The van der Waals surface area contributed by atoms with Crippen molar-refractivity contribution in [3.8, 4) is 0 Å². The molecule has 4 nitrogen and oxygen atoms in total. The highest BCUT2D eigenvalue weighted by Crippen LogP contribution is 2.02. The Labute approximate surface area is 65.3 Å². The number of piperazine rings is 1. The first-order chi connectivity index (χ1) is 5.11. The maximum atomic E-state index is 10.8. The molecule has 0 unspecified atom stereocenters. The van der Waals surface area contributed by atoms with Gasteiger partial charge in [-0.25, -0.2) is 0 Å². The molecule has 62 valence electrons. The second-order valence-electron chi connectivity index (χ2n) is 3.03. The molecule has 0 spiro atoms. The molecule has 1 atom stereocenters. The number of hydrogen-bond donors (Lipinski definition) is 2. The van der Waals surface area contributed by atoms with Crippen LogP contribution >= 0.6 is 0 Å². The van der Waals surface area contributed by atoms with Gasteiger partial charge in [-0.15, -0.1) is 0 Å². The zero-order valence-electron chi connectivity index (χ0n) is 6.68. The molecule has 1 rings (SSSR count). The quantitative estimate of drug-likeness (QED) is 0.491. The molecule has 2 amide bonds. The lowest BCUT2D eigenvalue weighted by Crippen LogP contribution is -2.57. The van der Waals surface area contributed by atoms with Crippen LogP contribution in [-0.4, -0.2) is 24.4 Å². The SMILES string of the molecule is CC(C)[C@H]1CNC(=O)C(=O)N1. The summed E-state index contributed by atoms with van der Waals surface area (Å²) in [6.45, 7) is 4.55. The van der Waals surface area contributed by atoms with E-state index in [4.69, 9.17) is 0 Å². The first-order valence-electron chi connectivity index (χ1n) is 3.70. The normalized spacial score (nSPS) is 24.8. The fourth-order valence-corrected chi connectivity index (χ4v) is 0.970. The van der Waals surface area contributed by atoms with Gasteiger partial charge in [0.15, 0.2) is 0 Å². The molecule has 2 N–H and O–H groups in total. The molecule has 0 aromatic rings. The van der Waals surface area contributed by atoms with Gasteiger partial charge in [-0.1, -0.05) is 13.8 Å². The van der Waals surface area contributed by atoms with Gasteiger partial charge in [0, 0.05) is 12.6 Å². The summed E-state index contributed by atoms with van der Waals surface area (Å²) in [7, 11) is 0. The standard InChI is InChI=1S/C7H12N2O2/c1-4(2)5-3-8-6(10)7(11)9-5/h4-5H,3H2,1-2H3,(H,8,10)(H,9,11)/t5-/m1/s1. The monoisotopic (exact) mass is 156 g/mol. The molecule has 1 aliphatic rings. The summed E-state index contributed by atoms with van der Waals surface area (Å²) in [5, 5.41) is 5.13. The Bertz CT molecular complexity index is 189.